The fourth-order valence-corrected chi connectivity index (χ4v) is 3.20. The molecule has 1 aromatic carbocycles. The van der Waals surface area contributed by atoms with Crippen LogP contribution in [0.15, 0.2) is 24.3 Å². The summed E-state index contributed by atoms with van der Waals surface area (Å²) in [6, 6.07) is 10.2. The molecule has 1 aliphatic heterocycles. The Labute approximate surface area is 130 Å². The van der Waals surface area contributed by atoms with E-state index in [-0.39, 0.29) is 0 Å². The van der Waals surface area contributed by atoms with E-state index in [1.54, 1.807) is 0 Å². The molecule has 2 unspecified atom stereocenters. The standard InChI is InChI=1S/C19H32N2/c1-7-15-9-8-10-16(11-15)21-13-18(19(4,5)6)20-12-17(21)14(2)3/h8-11,14,17-18,20H,7,12-13H2,1-6H3. The number of nitrogens with one attached hydrogen (secondary N) is 1. The molecule has 21 heavy (non-hydrogen) atoms. The first-order valence-corrected chi connectivity index (χ1v) is 8.42. The van der Waals surface area contributed by atoms with Gasteiger partial charge in [0.1, 0.15) is 0 Å². The highest BCUT2D eigenvalue weighted by atomic mass is 15.2. The van der Waals surface area contributed by atoms with Crippen LogP contribution in [0.5, 0.6) is 0 Å². The summed E-state index contributed by atoms with van der Waals surface area (Å²) in [6.45, 7) is 16.1. The van der Waals surface area contributed by atoms with Crippen molar-refractivity contribution in [2.45, 2.75) is 60.0 Å². The van der Waals surface area contributed by atoms with E-state index in [2.05, 4.69) is 76.0 Å². The molecule has 2 heteroatoms. The zero-order valence-corrected chi connectivity index (χ0v) is 14.6. The number of nitrogens with zero attached hydrogens (tertiary/aromatic N) is 1. The second kappa shape index (κ2) is 6.39. The lowest BCUT2D eigenvalue weighted by Crippen LogP contribution is -2.62. The lowest BCUT2D eigenvalue weighted by atomic mass is 9.83. The Morgan fingerprint density at radius 2 is 2.00 bits per heavy atom. The number of aryl methyl sites for hydroxylation is 1. The third-order valence-corrected chi connectivity index (χ3v) is 4.82. The van der Waals surface area contributed by atoms with Gasteiger partial charge in [0.25, 0.3) is 0 Å². The van der Waals surface area contributed by atoms with Crippen molar-refractivity contribution in [1.29, 1.82) is 0 Å². The monoisotopic (exact) mass is 288 g/mol. The Morgan fingerprint density at radius 1 is 1.29 bits per heavy atom. The maximum absolute atomic E-state index is 3.78. The molecule has 1 heterocycles. The molecular formula is C19H32N2. The highest BCUT2D eigenvalue weighted by Gasteiger charge is 2.35. The minimum atomic E-state index is 0.294. The Bertz CT molecular complexity index is 459. The van der Waals surface area contributed by atoms with Gasteiger partial charge < -0.3 is 10.2 Å². The second-order valence-electron chi connectivity index (χ2n) is 7.81. The van der Waals surface area contributed by atoms with Crippen molar-refractivity contribution in [2.24, 2.45) is 11.3 Å². The van der Waals surface area contributed by atoms with Crippen LogP contribution in [0.1, 0.15) is 47.1 Å². The molecule has 2 nitrogen and oxygen atoms in total. The van der Waals surface area contributed by atoms with E-state index in [1.165, 1.54) is 11.3 Å². The van der Waals surface area contributed by atoms with Gasteiger partial charge in [-0.1, -0.05) is 53.7 Å². The molecule has 0 bridgehead atoms. The molecule has 0 radical (unpaired) electrons. The molecule has 118 valence electrons. The van der Waals surface area contributed by atoms with Crippen LogP contribution >= 0.6 is 0 Å². The molecule has 1 aliphatic rings. The van der Waals surface area contributed by atoms with Crippen LogP contribution < -0.4 is 10.2 Å². The van der Waals surface area contributed by atoms with Gasteiger partial charge in [-0.2, -0.15) is 0 Å². The highest BCUT2D eigenvalue weighted by Crippen LogP contribution is 2.30. The summed E-state index contributed by atoms with van der Waals surface area (Å²) in [5, 5.41) is 3.78. The number of piperazine rings is 1. The van der Waals surface area contributed by atoms with Crippen LogP contribution in [-0.4, -0.2) is 25.2 Å². The van der Waals surface area contributed by atoms with E-state index in [0.717, 1.165) is 19.5 Å². The maximum atomic E-state index is 3.78. The van der Waals surface area contributed by atoms with Crippen molar-refractivity contribution in [3.63, 3.8) is 0 Å². The predicted molar refractivity (Wildman–Crippen MR) is 93.0 cm³/mol. The average molecular weight is 288 g/mol. The third-order valence-electron chi connectivity index (χ3n) is 4.82. The molecule has 0 saturated carbocycles. The summed E-state index contributed by atoms with van der Waals surface area (Å²) in [4.78, 5) is 2.64. The molecule has 1 fully saturated rings. The van der Waals surface area contributed by atoms with E-state index in [4.69, 9.17) is 0 Å². The van der Waals surface area contributed by atoms with Gasteiger partial charge in [0.05, 0.1) is 0 Å². The summed E-state index contributed by atoms with van der Waals surface area (Å²) in [5.41, 5.74) is 3.12. The fraction of sp³-hybridized carbons (Fsp3) is 0.684. The van der Waals surface area contributed by atoms with Crippen molar-refractivity contribution >= 4 is 5.69 Å². The van der Waals surface area contributed by atoms with Crippen molar-refractivity contribution in [3.05, 3.63) is 29.8 Å². The van der Waals surface area contributed by atoms with Crippen LogP contribution in [-0.2, 0) is 6.42 Å². The third kappa shape index (κ3) is 3.79. The zero-order chi connectivity index (χ0) is 15.6. The van der Waals surface area contributed by atoms with E-state index in [9.17, 15) is 0 Å². The van der Waals surface area contributed by atoms with Gasteiger partial charge in [-0.05, 0) is 35.4 Å². The molecule has 2 atom stereocenters. The summed E-state index contributed by atoms with van der Waals surface area (Å²) in [5.74, 6) is 0.656. The van der Waals surface area contributed by atoms with Crippen molar-refractivity contribution in [1.82, 2.24) is 5.32 Å². The number of rotatable bonds is 3. The summed E-state index contributed by atoms with van der Waals surface area (Å²) in [6.07, 6.45) is 1.11. The topological polar surface area (TPSA) is 15.3 Å². The van der Waals surface area contributed by atoms with Gasteiger partial charge in [0.2, 0.25) is 0 Å². The summed E-state index contributed by atoms with van der Waals surface area (Å²) in [7, 11) is 0. The van der Waals surface area contributed by atoms with E-state index < -0.39 is 0 Å². The molecule has 0 amide bonds. The molecule has 1 aromatic rings. The van der Waals surface area contributed by atoms with Gasteiger partial charge in [-0.3, -0.25) is 0 Å². The smallest absolute Gasteiger partial charge is 0.0438 e. The first-order chi connectivity index (χ1) is 9.82. The second-order valence-corrected chi connectivity index (χ2v) is 7.81. The predicted octanol–water partition coefficient (Wildman–Crippen LogP) is 4.10. The van der Waals surface area contributed by atoms with Gasteiger partial charge in [0, 0.05) is 30.9 Å². The van der Waals surface area contributed by atoms with Gasteiger partial charge in [-0.25, -0.2) is 0 Å². The minimum absolute atomic E-state index is 0.294. The minimum Gasteiger partial charge on any atom is -0.365 e. The first-order valence-electron chi connectivity index (χ1n) is 8.42. The molecule has 0 spiro atoms. The molecule has 1 saturated heterocycles. The average Bonchev–Trinajstić information content (AvgIpc) is 2.45. The largest absolute Gasteiger partial charge is 0.365 e. The molecular weight excluding hydrogens is 256 g/mol. The molecule has 1 N–H and O–H groups in total. The number of benzene rings is 1. The van der Waals surface area contributed by atoms with Crippen molar-refractivity contribution in [3.8, 4) is 0 Å². The van der Waals surface area contributed by atoms with Crippen molar-refractivity contribution < 1.29 is 0 Å². The van der Waals surface area contributed by atoms with E-state index >= 15 is 0 Å². The van der Waals surface area contributed by atoms with Crippen LogP contribution in [0, 0.1) is 11.3 Å². The molecule has 0 aromatic heterocycles. The van der Waals surface area contributed by atoms with E-state index in [0.29, 0.717) is 23.4 Å². The van der Waals surface area contributed by atoms with Gasteiger partial charge >= 0.3 is 0 Å². The number of hydrogen-bond acceptors (Lipinski definition) is 2. The van der Waals surface area contributed by atoms with E-state index in [1.807, 2.05) is 0 Å². The van der Waals surface area contributed by atoms with Crippen LogP contribution in [0.3, 0.4) is 0 Å². The van der Waals surface area contributed by atoms with Crippen LogP contribution in [0.2, 0.25) is 0 Å². The van der Waals surface area contributed by atoms with Crippen LogP contribution in [0.25, 0.3) is 0 Å². The number of anilines is 1. The molecule has 2 rings (SSSR count). The summed E-state index contributed by atoms with van der Waals surface area (Å²) >= 11 is 0. The van der Waals surface area contributed by atoms with Gasteiger partial charge in [0.15, 0.2) is 0 Å². The Hall–Kier alpha value is -1.02. The zero-order valence-electron chi connectivity index (χ0n) is 14.6. The first kappa shape index (κ1) is 16.4. The van der Waals surface area contributed by atoms with Crippen LogP contribution in [0.4, 0.5) is 5.69 Å². The lowest BCUT2D eigenvalue weighted by Gasteiger charge is -2.47. The van der Waals surface area contributed by atoms with Crippen molar-refractivity contribution in [2.75, 3.05) is 18.0 Å². The lowest BCUT2D eigenvalue weighted by molar-refractivity contribution is 0.221. The maximum Gasteiger partial charge on any atom is 0.0438 e. The molecule has 0 aliphatic carbocycles. The normalized spacial score (nSPS) is 23.7. The Balaban J connectivity index is 2.29. The Morgan fingerprint density at radius 3 is 2.57 bits per heavy atom. The highest BCUT2D eigenvalue weighted by molar-refractivity contribution is 5.50. The fourth-order valence-electron chi connectivity index (χ4n) is 3.20. The van der Waals surface area contributed by atoms with Gasteiger partial charge in [-0.15, -0.1) is 0 Å². The quantitative estimate of drug-likeness (QED) is 0.901. The Kier molecular flexibility index (Phi) is 4.98. The SMILES string of the molecule is CCc1cccc(N2CC(C(C)(C)C)NCC2C(C)C)c1. The number of hydrogen-bond donors (Lipinski definition) is 1. The summed E-state index contributed by atoms with van der Waals surface area (Å²) < 4.78 is 0.